The molecule has 0 bridgehead atoms. The molecule has 5 nitrogen and oxygen atoms in total. The molecule has 2 atom stereocenters. The monoisotopic (exact) mass is 379 g/mol. The van der Waals surface area contributed by atoms with Crippen molar-refractivity contribution in [3.63, 3.8) is 0 Å². The number of alkyl halides is 2. The van der Waals surface area contributed by atoms with Crippen LogP contribution in [0.2, 0.25) is 0 Å². The Morgan fingerprint density at radius 2 is 2.12 bits per heavy atom. The zero-order valence-electron chi connectivity index (χ0n) is 14.0. The van der Waals surface area contributed by atoms with E-state index in [1.165, 1.54) is 13.0 Å². The van der Waals surface area contributed by atoms with Gasteiger partial charge in [0, 0.05) is 29.5 Å². The van der Waals surface area contributed by atoms with Crippen molar-refractivity contribution in [3.8, 4) is 0 Å². The number of nitrogens with zero attached hydrogens (tertiary/aromatic N) is 2. The molecule has 0 aromatic heterocycles. The molecule has 0 aromatic rings. The molecule has 2 N–H and O–H groups in total. The molecule has 136 valence electrons. The van der Waals surface area contributed by atoms with Crippen LogP contribution in [0.1, 0.15) is 13.8 Å². The molecule has 0 aliphatic carbocycles. The quantitative estimate of drug-likeness (QED) is 0.449. The Labute approximate surface area is 149 Å². The summed E-state index contributed by atoms with van der Waals surface area (Å²) >= 11 is 3.50. The Morgan fingerprint density at radius 1 is 1.50 bits per heavy atom. The van der Waals surface area contributed by atoms with Crippen molar-refractivity contribution in [2.45, 2.75) is 24.6 Å². The second-order valence-corrected chi connectivity index (χ2v) is 8.63. The van der Waals surface area contributed by atoms with Crippen molar-refractivity contribution in [1.29, 1.82) is 0 Å². The van der Waals surface area contributed by atoms with Crippen LogP contribution in [0.15, 0.2) is 16.8 Å². The van der Waals surface area contributed by atoms with Gasteiger partial charge in [0.25, 0.3) is 0 Å². The number of thioether (sulfide) groups is 2. The molecule has 2 rings (SSSR count). The Balaban J connectivity index is 2.37. The molecule has 2 heterocycles. The van der Waals surface area contributed by atoms with Gasteiger partial charge in [-0.25, -0.2) is 4.99 Å². The molecule has 2 saturated heterocycles. The topological polar surface area (TPSA) is 67.9 Å². The zero-order chi connectivity index (χ0) is 17.9. The third-order valence-corrected chi connectivity index (χ3v) is 7.86. The number of nitrogens with two attached hydrogens (primary N) is 1. The number of hydrogen-bond donors (Lipinski definition) is 1. The van der Waals surface area contributed by atoms with E-state index >= 15 is 0 Å². The van der Waals surface area contributed by atoms with E-state index < -0.39 is 12.5 Å². The summed E-state index contributed by atoms with van der Waals surface area (Å²) in [5, 5.41) is 0. The number of carbonyl (C=O) groups excluding carboxylic acids is 1. The van der Waals surface area contributed by atoms with Gasteiger partial charge in [-0.2, -0.15) is 8.78 Å². The highest BCUT2D eigenvalue weighted by Crippen LogP contribution is 2.58. The predicted molar refractivity (Wildman–Crippen MR) is 95.3 cm³/mol. The van der Waals surface area contributed by atoms with E-state index in [-0.39, 0.29) is 21.8 Å². The number of ether oxygens (including phenoxy) is 1. The van der Waals surface area contributed by atoms with Crippen LogP contribution in [0.4, 0.5) is 8.78 Å². The Morgan fingerprint density at radius 3 is 2.67 bits per heavy atom. The lowest BCUT2D eigenvalue weighted by Gasteiger charge is -2.36. The summed E-state index contributed by atoms with van der Waals surface area (Å²) in [6.07, 6.45) is 1.46. The summed E-state index contributed by atoms with van der Waals surface area (Å²) in [5.41, 5.74) is 6.83. The number of rotatable bonds is 5. The lowest BCUT2D eigenvalue weighted by atomic mass is 9.92. The van der Waals surface area contributed by atoms with E-state index in [0.29, 0.717) is 18.8 Å². The Bertz CT molecular complexity index is 537. The summed E-state index contributed by atoms with van der Waals surface area (Å²) in [7, 11) is 1.96. The van der Waals surface area contributed by atoms with E-state index in [4.69, 9.17) is 10.5 Å². The van der Waals surface area contributed by atoms with Gasteiger partial charge < -0.3 is 10.5 Å². The summed E-state index contributed by atoms with van der Waals surface area (Å²) < 4.78 is 29.7. The zero-order valence-corrected chi connectivity index (χ0v) is 15.6. The van der Waals surface area contributed by atoms with Crippen LogP contribution < -0.4 is 5.73 Å². The highest BCUT2D eigenvalue weighted by atomic mass is 32.2. The number of allylic oxidation sites excluding steroid dienone is 1. The fraction of sp³-hybridized carbons (Fsp3) is 0.733. The summed E-state index contributed by atoms with van der Waals surface area (Å²) in [6.45, 7) is 1.31. The fourth-order valence-electron chi connectivity index (χ4n) is 3.26. The third-order valence-electron chi connectivity index (χ3n) is 4.12. The van der Waals surface area contributed by atoms with Gasteiger partial charge in [0.1, 0.15) is 4.20 Å². The predicted octanol–water partition coefficient (Wildman–Crippen LogP) is 2.39. The van der Waals surface area contributed by atoms with Gasteiger partial charge in [-0.1, -0.05) is 0 Å². The highest BCUT2D eigenvalue weighted by molar-refractivity contribution is 8.21. The third kappa shape index (κ3) is 3.88. The first kappa shape index (κ1) is 19.5. The van der Waals surface area contributed by atoms with Crippen molar-refractivity contribution < 1.29 is 18.3 Å². The van der Waals surface area contributed by atoms with Crippen molar-refractivity contribution in [3.05, 3.63) is 11.8 Å². The Hall–Kier alpha value is -0.800. The maximum atomic E-state index is 12.4. The average Bonchev–Trinajstić information content (AvgIpc) is 3.06. The minimum atomic E-state index is -2.77. The normalized spacial score (nSPS) is 28.1. The maximum absolute atomic E-state index is 12.4. The van der Waals surface area contributed by atoms with E-state index in [0.717, 1.165) is 11.5 Å². The number of carbonyl (C=O) groups is 1. The molecule has 24 heavy (non-hydrogen) atoms. The van der Waals surface area contributed by atoms with E-state index in [1.54, 1.807) is 30.4 Å². The van der Waals surface area contributed by atoms with Gasteiger partial charge in [0.15, 0.2) is 0 Å². The molecule has 1 spiro atoms. The van der Waals surface area contributed by atoms with Gasteiger partial charge in [-0.05, 0) is 27.0 Å². The molecule has 0 amide bonds. The lowest BCUT2D eigenvalue weighted by Crippen LogP contribution is -2.41. The van der Waals surface area contributed by atoms with Crippen LogP contribution in [-0.2, 0) is 9.53 Å². The van der Waals surface area contributed by atoms with Crippen molar-refractivity contribution >= 4 is 35.2 Å². The van der Waals surface area contributed by atoms with Crippen molar-refractivity contribution in [2.75, 3.05) is 31.7 Å². The van der Waals surface area contributed by atoms with Crippen LogP contribution >= 0.6 is 23.5 Å². The van der Waals surface area contributed by atoms with E-state index in [2.05, 4.69) is 9.89 Å². The maximum Gasteiger partial charge on any atom is 0.332 e. The highest BCUT2D eigenvalue weighted by Gasteiger charge is 2.58. The molecular weight excluding hydrogens is 356 g/mol. The molecular formula is C15H23F2N3O2S2. The number of likely N-dealkylation sites (tertiary alicyclic amines) is 1. The second-order valence-electron chi connectivity index (χ2n) is 5.74. The molecule has 2 fully saturated rings. The first-order chi connectivity index (χ1) is 11.3. The molecule has 9 heteroatoms. The van der Waals surface area contributed by atoms with Crippen LogP contribution in [0.25, 0.3) is 0 Å². The minimum Gasteiger partial charge on any atom is -0.466 e. The first-order valence-electron chi connectivity index (χ1n) is 7.77. The Kier molecular flexibility index (Phi) is 6.55. The van der Waals surface area contributed by atoms with Gasteiger partial charge in [-0.3, -0.25) is 9.69 Å². The van der Waals surface area contributed by atoms with E-state index in [1.807, 2.05) is 7.05 Å². The van der Waals surface area contributed by atoms with Gasteiger partial charge in [0.05, 0.1) is 18.4 Å². The van der Waals surface area contributed by atoms with Crippen LogP contribution in [0.5, 0.6) is 0 Å². The number of halogens is 2. The number of hydrogen-bond acceptors (Lipinski definition) is 7. The molecule has 0 radical (unpaired) electrons. The van der Waals surface area contributed by atoms with Gasteiger partial charge in [0.2, 0.25) is 0 Å². The van der Waals surface area contributed by atoms with Crippen molar-refractivity contribution in [1.82, 2.24) is 4.90 Å². The number of esters is 1. The largest absolute Gasteiger partial charge is 0.466 e. The van der Waals surface area contributed by atoms with Gasteiger partial charge >= 0.3 is 12.5 Å². The molecule has 0 unspecified atom stereocenters. The summed E-state index contributed by atoms with van der Waals surface area (Å²) in [5.74, 6) is 0.904. The first-order valence-corrected chi connectivity index (χ1v) is 9.74. The fourth-order valence-corrected chi connectivity index (χ4v) is 6.90. The smallest absolute Gasteiger partial charge is 0.332 e. The van der Waals surface area contributed by atoms with Crippen LogP contribution in [0, 0.1) is 11.8 Å². The van der Waals surface area contributed by atoms with Crippen LogP contribution in [0.3, 0.4) is 0 Å². The van der Waals surface area contributed by atoms with Gasteiger partial charge in [-0.15, -0.1) is 23.5 Å². The van der Waals surface area contributed by atoms with Crippen molar-refractivity contribution in [2.24, 2.45) is 22.6 Å². The van der Waals surface area contributed by atoms with E-state index in [9.17, 15) is 13.6 Å². The molecule has 2 aliphatic heterocycles. The molecule has 0 saturated carbocycles. The molecule has 0 aromatic carbocycles. The van der Waals surface area contributed by atoms with Crippen LogP contribution in [-0.4, -0.2) is 59.0 Å². The minimum absolute atomic E-state index is 0.155. The SMILES string of the molecule is CCOC(=O)[C@H]1CN(C)C2(SCCS2)[C@@H]1/C(N)=C/C(C)=N/C(F)F. The number of aliphatic imine (C=N–C) groups is 1. The standard InChI is InChI=1S/C15H23F2N3O2S2/c1-4-22-13(21)10-8-20(3)15(23-5-6-24-15)12(10)11(18)7-9(2)19-14(16)17/h7,10,12,14H,4-6,8,18H2,1-3H3/b11-7-,19-9+/t10-,12-/m0/s1. The summed E-state index contributed by atoms with van der Waals surface area (Å²) in [4.78, 5) is 17.7. The lowest BCUT2D eigenvalue weighted by molar-refractivity contribution is -0.148. The summed E-state index contributed by atoms with van der Waals surface area (Å²) in [6, 6.07) is 0. The second kappa shape index (κ2) is 8.05. The average molecular weight is 379 g/mol. The molecule has 2 aliphatic rings.